The quantitative estimate of drug-likeness (QED) is 0.877. The first-order valence-electron chi connectivity index (χ1n) is 8.51. The maximum atomic E-state index is 14.3. The van der Waals surface area contributed by atoms with Crippen molar-refractivity contribution < 1.29 is 9.50 Å². The van der Waals surface area contributed by atoms with Crippen molar-refractivity contribution in [2.75, 3.05) is 24.6 Å². The van der Waals surface area contributed by atoms with Crippen molar-refractivity contribution in [2.45, 2.75) is 51.6 Å². The summed E-state index contributed by atoms with van der Waals surface area (Å²) in [4.78, 5) is 2.29. The largest absolute Gasteiger partial charge is 0.396 e. The summed E-state index contributed by atoms with van der Waals surface area (Å²) in [7, 11) is 0. The molecule has 1 aliphatic carbocycles. The molecule has 1 aliphatic heterocycles. The van der Waals surface area contributed by atoms with E-state index in [4.69, 9.17) is 0 Å². The van der Waals surface area contributed by atoms with Gasteiger partial charge in [0.25, 0.3) is 0 Å². The number of aliphatic hydroxyl groups is 1. The van der Waals surface area contributed by atoms with E-state index in [-0.39, 0.29) is 23.9 Å². The molecule has 4 heteroatoms. The summed E-state index contributed by atoms with van der Waals surface area (Å²) in [6, 6.07) is 5.66. The highest BCUT2D eigenvalue weighted by Crippen LogP contribution is 2.38. The van der Waals surface area contributed by atoms with Gasteiger partial charge in [0.1, 0.15) is 5.82 Å². The number of aliphatic hydroxyl groups excluding tert-OH is 1. The van der Waals surface area contributed by atoms with Crippen LogP contribution in [-0.4, -0.2) is 30.8 Å². The zero-order chi connectivity index (χ0) is 15.6. The maximum absolute atomic E-state index is 14.3. The van der Waals surface area contributed by atoms with E-state index in [9.17, 15) is 9.50 Å². The van der Waals surface area contributed by atoms with Crippen molar-refractivity contribution in [3.63, 3.8) is 0 Å². The Morgan fingerprint density at radius 2 is 2.09 bits per heavy atom. The Morgan fingerprint density at radius 3 is 2.82 bits per heavy atom. The monoisotopic (exact) mass is 306 g/mol. The van der Waals surface area contributed by atoms with Crippen molar-refractivity contribution >= 4 is 5.69 Å². The second-order valence-electron chi connectivity index (χ2n) is 7.07. The van der Waals surface area contributed by atoms with Crippen LogP contribution in [0.4, 0.5) is 10.1 Å². The molecule has 2 aliphatic rings. The molecule has 0 bridgehead atoms. The normalized spacial score (nSPS) is 28.5. The highest BCUT2D eigenvalue weighted by Gasteiger charge is 2.38. The van der Waals surface area contributed by atoms with Gasteiger partial charge in [-0.1, -0.05) is 19.4 Å². The Bertz CT molecular complexity index is 516. The number of hydrogen-bond donors (Lipinski definition) is 2. The molecule has 3 nitrogen and oxygen atoms in total. The molecule has 122 valence electrons. The van der Waals surface area contributed by atoms with Crippen LogP contribution in [0.5, 0.6) is 0 Å². The molecule has 2 N–H and O–H groups in total. The minimum atomic E-state index is -0.124. The van der Waals surface area contributed by atoms with Gasteiger partial charge in [-0.25, -0.2) is 4.39 Å². The molecular weight excluding hydrogens is 279 g/mol. The Labute approximate surface area is 132 Å². The van der Waals surface area contributed by atoms with E-state index >= 15 is 0 Å². The average molecular weight is 306 g/mol. The molecule has 3 rings (SSSR count). The van der Waals surface area contributed by atoms with Gasteiger partial charge in [-0.3, -0.25) is 0 Å². The summed E-state index contributed by atoms with van der Waals surface area (Å²) in [5.41, 5.74) is 1.74. The third kappa shape index (κ3) is 2.99. The van der Waals surface area contributed by atoms with Crippen molar-refractivity contribution in [2.24, 2.45) is 5.41 Å². The van der Waals surface area contributed by atoms with Crippen LogP contribution in [0.3, 0.4) is 0 Å². The van der Waals surface area contributed by atoms with Crippen molar-refractivity contribution in [1.82, 2.24) is 5.32 Å². The number of anilines is 1. The summed E-state index contributed by atoms with van der Waals surface area (Å²) < 4.78 is 14.3. The summed E-state index contributed by atoms with van der Waals surface area (Å²) >= 11 is 0. The summed E-state index contributed by atoms with van der Waals surface area (Å²) in [6.07, 6.45) is 5.61. The fourth-order valence-corrected chi connectivity index (χ4v) is 3.97. The summed E-state index contributed by atoms with van der Waals surface area (Å²) in [5.74, 6) is -0.124. The SMILES string of the molecule is CC1(CO)CCCC1NCc1c(F)cccc1N1CCCC1. The predicted molar refractivity (Wildman–Crippen MR) is 87.5 cm³/mol. The van der Waals surface area contributed by atoms with E-state index in [0.29, 0.717) is 6.54 Å². The number of halogens is 1. The fourth-order valence-electron chi connectivity index (χ4n) is 3.97. The van der Waals surface area contributed by atoms with Gasteiger partial charge in [0.15, 0.2) is 0 Å². The van der Waals surface area contributed by atoms with Gasteiger partial charge in [-0.05, 0) is 37.8 Å². The van der Waals surface area contributed by atoms with E-state index < -0.39 is 0 Å². The van der Waals surface area contributed by atoms with Crippen LogP contribution >= 0.6 is 0 Å². The second-order valence-corrected chi connectivity index (χ2v) is 7.07. The number of nitrogens with zero attached hydrogens (tertiary/aromatic N) is 1. The Balaban J connectivity index is 1.74. The maximum Gasteiger partial charge on any atom is 0.129 e. The summed E-state index contributed by atoms with van der Waals surface area (Å²) in [6.45, 7) is 4.91. The van der Waals surface area contributed by atoms with Crippen LogP contribution in [-0.2, 0) is 6.54 Å². The molecule has 1 saturated carbocycles. The molecule has 0 spiro atoms. The summed E-state index contributed by atoms with van der Waals surface area (Å²) in [5, 5.41) is 13.2. The average Bonchev–Trinajstić information content (AvgIpc) is 3.16. The lowest BCUT2D eigenvalue weighted by Gasteiger charge is -2.31. The third-order valence-corrected chi connectivity index (χ3v) is 5.51. The first-order chi connectivity index (χ1) is 10.6. The van der Waals surface area contributed by atoms with E-state index in [1.165, 1.54) is 12.8 Å². The van der Waals surface area contributed by atoms with Crippen LogP contribution in [0.1, 0.15) is 44.6 Å². The van der Waals surface area contributed by atoms with Crippen molar-refractivity contribution in [3.8, 4) is 0 Å². The van der Waals surface area contributed by atoms with Crippen LogP contribution in [0.25, 0.3) is 0 Å². The minimum Gasteiger partial charge on any atom is -0.396 e. The topological polar surface area (TPSA) is 35.5 Å². The zero-order valence-electron chi connectivity index (χ0n) is 13.4. The molecule has 2 unspecified atom stereocenters. The van der Waals surface area contributed by atoms with E-state index in [2.05, 4.69) is 17.1 Å². The van der Waals surface area contributed by atoms with Crippen molar-refractivity contribution in [3.05, 3.63) is 29.6 Å². The van der Waals surface area contributed by atoms with E-state index in [1.54, 1.807) is 12.1 Å². The molecule has 1 heterocycles. The standard InChI is InChI=1S/C18H27FN2O/c1-18(13-22)9-5-8-17(18)20-12-14-15(19)6-4-7-16(14)21-10-2-3-11-21/h4,6-7,17,20,22H,2-3,5,8-13H2,1H3. The third-order valence-electron chi connectivity index (χ3n) is 5.51. The van der Waals surface area contributed by atoms with Gasteiger partial charge in [-0.2, -0.15) is 0 Å². The molecule has 2 fully saturated rings. The number of hydrogen-bond acceptors (Lipinski definition) is 3. The molecule has 1 saturated heterocycles. The van der Waals surface area contributed by atoms with Crippen LogP contribution in [0, 0.1) is 11.2 Å². The molecule has 0 amide bonds. The molecule has 1 aromatic rings. The predicted octanol–water partition coefficient (Wildman–Crippen LogP) is 3.07. The lowest BCUT2D eigenvalue weighted by Crippen LogP contribution is -2.41. The molecule has 1 aromatic carbocycles. The van der Waals surface area contributed by atoms with Crippen LogP contribution in [0.15, 0.2) is 18.2 Å². The zero-order valence-corrected chi connectivity index (χ0v) is 13.4. The first kappa shape index (κ1) is 15.8. The molecule has 22 heavy (non-hydrogen) atoms. The molecule has 2 atom stereocenters. The van der Waals surface area contributed by atoms with Gasteiger partial charge >= 0.3 is 0 Å². The number of rotatable bonds is 5. The number of nitrogens with one attached hydrogen (secondary N) is 1. The van der Waals surface area contributed by atoms with Crippen LogP contribution in [0.2, 0.25) is 0 Å². The number of benzene rings is 1. The molecular formula is C18H27FN2O. The Hall–Kier alpha value is -1.13. The van der Waals surface area contributed by atoms with Gasteiger partial charge in [0.05, 0.1) is 0 Å². The van der Waals surface area contributed by atoms with Gasteiger partial charge in [-0.15, -0.1) is 0 Å². The highest BCUT2D eigenvalue weighted by molar-refractivity contribution is 5.54. The van der Waals surface area contributed by atoms with Gasteiger partial charge in [0.2, 0.25) is 0 Å². The van der Waals surface area contributed by atoms with Gasteiger partial charge in [0, 0.05) is 48.9 Å². The molecule has 0 aromatic heterocycles. The van der Waals surface area contributed by atoms with Gasteiger partial charge < -0.3 is 15.3 Å². The Kier molecular flexibility index (Phi) is 4.69. The van der Waals surface area contributed by atoms with E-state index in [1.807, 2.05) is 6.07 Å². The van der Waals surface area contributed by atoms with Crippen LogP contribution < -0.4 is 10.2 Å². The Morgan fingerprint density at radius 1 is 1.32 bits per heavy atom. The smallest absolute Gasteiger partial charge is 0.129 e. The first-order valence-corrected chi connectivity index (χ1v) is 8.51. The lowest BCUT2D eigenvalue weighted by molar-refractivity contribution is 0.118. The lowest BCUT2D eigenvalue weighted by atomic mass is 9.85. The van der Waals surface area contributed by atoms with Crippen molar-refractivity contribution in [1.29, 1.82) is 0 Å². The highest BCUT2D eigenvalue weighted by atomic mass is 19.1. The molecule has 0 radical (unpaired) electrons. The second kappa shape index (κ2) is 6.55. The minimum absolute atomic E-state index is 0.0704. The fraction of sp³-hybridized carbons (Fsp3) is 0.667. The van der Waals surface area contributed by atoms with E-state index in [0.717, 1.165) is 43.6 Å².